The van der Waals surface area contributed by atoms with Gasteiger partial charge in [-0.1, -0.05) is 127 Å². The van der Waals surface area contributed by atoms with Gasteiger partial charge in [0, 0.05) is 57.2 Å². The molecular weight excluding hydrogens is 994 g/mol. The van der Waals surface area contributed by atoms with E-state index in [1.54, 1.807) is 17.9 Å². The van der Waals surface area contributed by atoms with Crippen LogP contribution in [0.5, 0.6) is 0 Å². The number of carbonyl (C=O) groups excluding carboxylic acids is 2. The number of rotatable bonds is 16. The van der Waals surface area contributed by atoms with E-state index in [0.29, 0.717) is 72.2 Å². The third kappa shape index (κ3) is 12.5. The van der Waals surface area contributed by atoms with Gasteiger partial charge >= 0.3 is 17.9 Å². The number of nitrogens with zero attached hydrogens (tertiary/aromatic N) is 8. The second-order valence-electron chi connectivity index (χ2n) is 24.0. The summed E-state index contributed by atoms with van der Waals surface area (Å²) in [7, 11) is -4.55. The molecule has 0 radical (unpaired) electrons. The summed E-state index contributed by atoms with van der Waals surface area (Å²) in [5.74, 6) is -0.923. The van der Waals surface area contributed by atoms with Crippen LogP contribution < -0.4 is 20.6 Å². The predicted molar refractivity (Wildman–Crippen MR) is 302 cm³/mol. The monoisotopic (exact) mass is 1070 g/mol. The Labute approximate surface area is 448 Å². The molecule has 1 N–H and O–H groups in total. The zero-order valence-corrected chi connectivity index (χ0v) is 48.5. The third-order valence-electron chi connectivity index (χ3n) is 13.7. The molecule has 1 fully saturated rings. The maximum absolute atomic E-state index is 17.4. The Balaban J connectivity index is 1.20. The van der Waals surface area contributed by atoms with Crippen molar-refractivity contribution >= 4 is 55.5 Å². The summed E-state index contributed by atoms with van der Waals surface area (Å²) in [5, 5.41) is 9.49. The van der Waals surface area contributed by atoms with Crippen LogP contribution in [-0.4, -0.2) is 101 Å². The molecule has 5 heterocycles. The maximum Gasteiger partial charge on any atom is 0.410 e. The molecule has 1 aliphatic rings. The minimum absolute atomic E-state index is 0.0720. The molecule has 3 aromatic carbocycles. The van der Waals surface area contributed by atoms with Crippen molar-refractivity contribution in [3.63, 3.8) is 0 Å². The van der Waals surface area contributed by atoms with Crippen LogP contribution in [0.1, 0.15) is 103 Å². The molecule has 76 heavy (non-hydrogen) atoms. The minimum Gasteiger partial charge on any atom is -0.444 e. The number of halogens is 1. The van der Waals surface area contributed by atoms with Crippen molar-refractivity contribution < 1.29 is 32.4 Å². The highest BCUT2D eigenvalue weighted by molar-refractivity contribution is 6.99. The number of hydrogen-bond donors (Lipinski definition) is 1. The highest BCUT2D eigenvalue weighted by atomic mass is 28.4. The summed E-state index contributed by atoms with van der Waals surface area (Å²) >= 11 is 0. The summed E-state index contributed by atoms with van der Waals surface area (Å²) in [6.45, 7) is 29.9. The van der Waals surface area contributed by atoms with Crippen LogP contribution in [0.4, 0.5) is 14.9 Å². The molecule has 0 bridgehead atoms. The van der Waals surface area contributed by atoms with Gasteiger partial charge in [0.25, 0.3) is 8.32 Å². The van der Waals surface area contributed by atoms with Crippen molar-refractivity contribution in [1.82, 2.24) is 39.9 Å². The van der Waals surface area contributed by atoms with Crippen molar-refractivity contribution in [2.24, 2.45) is 0 Å². The number of amides is 2. The van der Waals surface area contributed by atoms with Gasteiger partial charge in [0.1, 0.15) is 30.1 Å². The molecule has 0 aliphatic carbocycles. The number of carbonyl (C=O) groups is 2. The number of fused-ring (bicyclic) bond motifs is 1. The third-order valence-corrected chi connectivity index (χ3v) is 20.4. The topological polar surface area (TPSA) is 163 Å². The van der Waals surface area contributed by atoms with E-state index in [1.807, 2.05) is 107 Å². The Morgan fingerprint density at radius 3 is 2.05 bits per heavy atom. The van der Waals surface area contributed by atoms with E-state index in [2.05, 4.69) is 85.0 Å². The van der Waals surface area contributed by atoms with Crippen LogP contribution in [0.15, 0.2) is 108 Å². The summed E-state index contributed by atoms with van der Waals surface area (Å²) < 4.78 is 44.4. The molecule has 7 aromatic rings. The first-order valence-electron chi connectivity index (χ1n) is 26.2. The first-order valence-corrected chi connectivity index (χ1v) is 31.8. The van der Waals surface area contributed by atoms with E-state index in [0.717, 1.165) is 27.8 Å². The molecule has 2 amide bonds. The molecule has 8 rings (SSSR count). The first kappa shape index (κ1) is 55.6. The lowest BCUT2D eigenvalue weighted by atomic mass is 9.96. The second-order valence-corrected chi connectivity index (χ2v) is 33.9. The van der Waals surface area contributed by atoms with Gasteiger partial charge in [-0.2, -0.15) is 4.98 Å². The Morgan fingerprint density at radius 1 is 0.829 bits per heavy atom. The number of hydrogen-bond acceptors (Lipinski definition) is 12. The van der Waals surface area contributed by atoms with E-state index in [-0.39, 0.29) is 35.9 Å². The minimum atomic E-state index is -3.13. The van der Waals surface area contributed by atoms with E-state index in [4.69, 9.17) is 33.4 Å². The smallest absolute Gasteiger partial charge is 0.410 e. The summed E-state index contributed by atoms with van der Waals surface area (Å²) in [5.41, 5.74) is 3.64. The number of nitrogens with one attached hydrogen (secondary N) is 1. The van der Waals surface area contributed by atoms with Crippen molar-refractivity contribution in [3.8, 4) is 22.6 Å². The molecule has 18 heteroatoms. The first-order chi connectivity index (χ1) is 35.8. The lowest BCUT2D eigenvalue weighted by molar-refractivity contribution is 0.0240. The molecule has 0 unspecified atom stereocenters. The van der Waals surface area contributed by atoms with E-state index in [9.17, 15) is 9.59 Å². The zero-order chi connectivity index (χ0) is 54.8. The normalized spacial score (nSPS) is 14.3. The Morgan fingerprint density at radius 2 is 1.49 bits per heavy atom. The largest absolute Gasteiger partial charge is 0.444 e. The quantitative estimate of drug-likeness (QED) is 0.0721. The van der Waals surface area contributed by atoms with Gasteiger partial charge in [-0.05, 0) is 90.6 Å². The van der Waals surface area contributed by atoms with Crippen molar-refractivity contribution in [3.05, 3.63) is 132 Å². The van der Waals surface area contributed by atoms with Crippen LogP contribution in [0.25, 0.3) is 33.7 Å². The fourth-order valence-electron chi connectivity index (χ4n) is 9.60. The van der Waals surface area contributed by atoms with Crippen molar-refractivity contribution in [2.75, 3.05) is 37.7 Å². The van der Waals surface area contributed by atoms with Crippen LogP contribution in [0, 0.1) is 5.82 Å². The van der Waals surface area contributed by atoms with Gasteiger partial charge in [-0.15, -0.1) is 0 Å². The van der Waals surface area contributed by atoms with E-state index < -0.39 is 45.2 Å². The average molecular weight is 1070 g/mol. The number of anilines is 1. The SMILES string of the molecule is C[C@@H](NC(=O)c1nc(C(C)(C)C)no1)c1cc(F)c(-c2ncnc3c2cc(-c2ccc(N4CCN(C(=O)OC(C)(C)C)CC4)cn2)n3COCC[Si](C)(C)C)cc1CO[Si](c1ccccc1)(c1ccccc1)C(C)(C)C. The van der Waals surface area contributed by atoms with Crippen molar-refractivity contribution in [2.45, 2.75) is 130 Å². The average Bonchev–Trinajstić information content (AvgIpc) is 4.08. The molecule has 1 atom stereocenters. The van der Waals surface area contributed by atoms with Gasteiger partial charge in [0.05, 0.1) is 41.6 Å². The molecule has 0 spiro atoms. The van der Waals surface area contributed by atoms with Gasteiger partial charge in [-0.3, -0.25) is 14.3 Å². The maximum atomic E-state index is 17.4. The molecule has 4 aromatic heterocycles. The highest BCUT2D eigenvalue weighted by Crippen LogP contribution is 2.40. The Hall–Kier alpha value is -6.61. The van der Waals surface area contributed by atoms with Crippen molar-refractivity contribution in [1.29, 1.82) is 0 Å². The van der Waals surface area contributed by atoms with E-state index in [1.165, 1.54) is 12.4 Å². The summed E-state index contributed by atoms with van der Waals surface area (Å²) in [6.07, 6.45) is 2.99. The van der Waals surface area contributed by atoms with Gasteiger partial charge in [-0.25, -0.2) is 19.2 Å². The van der Waals surface area contributed by atoms with Gasteiger partial charge < -0.3 is 33.5 Å². The lowest BCUT2D eigenvalue weighted by Gasteiger charge is -2.43. The Bertz CT molecular complexity index is 3100. The fourth-order valence-corrected chi connectivity index (χ4v) is 14.9. The number of aromatic nitrogens is 6. The second kappa shape index (κ2) is 22.2. The number of pyridine rings is 1. The summed E-state index contributed by atoms with van der Waals surface area (Å²) in [6, 6.07) is 30.2. The van der Waals surface area contributed by atoms with Crippen LogP contribution >= 0.6 is 0 Å². The highest BCUT2D eigenvalue weighted by Gasteiger charge is 2.50. The van der Waals surface area contributed by atoms with Crippen LogP contribution in [-0.2, 0) is 32.7 Å². The van der Waals surface area contributed by atoms with Gasteiger partial charge in [0.2, 0.25) is 0 Å². The van der Waals surface area contributed by atoms with Crippen LogP contribution in [0.3, 0.4) is 0 Å². The van der Waals surface area contributed by atoms with Crippen LogP contribution in [0.2, 0.25) is 30.7 Å². The van der Waals surface area contributed by atoms with Gasteiger partial charge in [0.15, 0.2) is 5.82 Å². The summed E-state index contributed by atoms with van der Waals surface area (Å²) in [4.78, 5) is 49.6. The molecule has 15 nitrogen and oxygen atoms in total. The molecule has 0 saturated carbocycles. The predicted octanol–water partition coefficient (Wildman–Crippen LogP) is 10.9. The van der Waals surface area contributed by atoms with E-state index >= 15 is 4.39 Å². The molecular formula is C58H74FN9O6Si2. The number of benzene rings is 3. The Kier molecular flexibility index (Phi) is 16.2. The molecule has 1 saturated heterocycles. The zero-order valence-electron chi connectivity index (χ0n) is 46.5. The molecule has 1 aliphatic heterocycles. The standard InChI is InChI=1S/C58H74FN9O6Si2/c1-39(63-52(69)53-64-54(65-74-53)56(2,3)4)44-33-47(59)45(32-40(44)36-72-76(58(8,9)10,42-20-16-14-17-21-42)43-22-18-15-19-23-43)50-46-34-49(68(51(46)62-37-61-50)38-71-30-31-75(11,12)13)48-25-24-41(35-60-48)66-26-28-67(29-27-66)55(70)73-57(5,6)7/h14-25,32-35,37,39H,26-31,36,38H2,1-13H3,(H,63,69)/t39-/m1/s1. The molecule has 402 valence electrons. The number of ether oxygens (including phenoxy) is 2. The fraction of sp³-hybridized carbons (Fsp3) is 0.431. The number of piperazine rings is 1. The lowest BCUT2D eigenvalue weighted by Crippen LogP contribution is -2.66.